The Labute approximate surface area is 240 Å². The van der Waals surface area contributed by atoms with Crippen LogP contribution in [0.2, 0.25) is 5.02 Å². The Morgan fingerprint density at radius 2 is 1.76 bits per heavy atom. The molecule has 41 heavy (non-hydrogen) atoms. The number of halogens is 1. The van der Waals surface area contributed by atoms with E-state index in [0.29, 0.717) is 39.8 Å². The van der Waals surface area contributed by atoms with E-state index in [1.807, 2.05) is 54.6 Å². The molecular weight excluding hydrogens is 540 g/mol. The number of hydrogen-bond donors (Lipinski definition) is 1. The molecular formula is C33H23ClN2O5. The number of hydrogen-bond acceptors (Lipinski definition) is 7. The number of furan rings is 1. The van der Waals surface area contributed by atoms with E-state index in [0.717, 1.165) is 16.5 Å². The van der Waals surface area contributed by atoms with Crippen LogP contribution in [0.1, 0.15) is 38.7 Å². The molecule has 0 aliphatic carbocycles. The topological polar surface area (TPSA) is 108 Å². The van der Waals surface area contributed by atoms with Crippen LogP contribution in [0.25, 0.3) is 11.0 Å². The fraction of sp³-hybridized carbons (Fsp3) is 0.0909. The fourth-order valence-electron chi connectivity index (χ4n) is 4.88. The number of benzene rings is 4. The minimum atomic E-state index is -0.658. The van der Waals surface area contributed by atoms with Crippen LogP contribution in [-0.4, -0.2) is 5.97 Å². The van der Waals surface area contributed by atoms with E-state index >= 15 is 0 Å². The van der Waals surface area contributed by atoms with Crippen molar-refractivity contribution in [1.82, 2.24) is 0 Å². The van der Waals surface area contributed by atoms with Crippen molar-refractivity contribution in [2.24, 2.45) is 5.73 Å². The highest BCUT2D eigenvalue weighted by molar-refractivity contribution is 6.31. The van der Waals surface area contributed by atoms with Gasteiger partial charge in [0, 0.05) is 27.6 Å². The second kappa shape index (κ2) is 10.8. The lowest BCUT2D eigenvalue weighted by molar-refractivity contribution is 0.0702. The molecule has 1 aliphatic heterocycles. The summed E-state index contributed by atoms with van der Waals surface area (Å²) in [6.45, 7) is 2.21. The Hall–Kier alpha value is -5.19. The summed E-state index contributed by atoms with van der Waals surface area (Å²) in [5.74, 6) is 0.263. The molecule has 2 heterocycles. The van der Waals surface area contributed by atoms with Crippen LogP contribution in [0.5, 0.6) is 17.2 Å². The van der Waals surface area contributed by atoms with Gasteiger partial charge in [0.1, 0.15) is 41.1 Å². The number of carbonyl (C=O) groups is 1. The van der Waals surface area contributed by atoms with Crippen molar-refractivity contribution in [3.05, 3.63) is 135 Å². The normalized spacial score (nSPS) is 14.2. The number of aryl methyl sites for hydroxylation is 1. The first-order valence-electron chi connectivity index (χ1n) is 12.8. The Morgan fingerprint density at radius 3 is 2.51 bits per heavy atom. The molecule has 0 saturated heterocycles. The second-order valence-electron chi connectivity index (χ2n) is 9.55. The monoisotopic (exact) mass is 562 g/mol. The summed E-state index contributed by atoms with van der Waals surface area (Å²) < 4.78 is 23.1. The van der Waals surface area contributed by atoms with Crippen LogP contribution in [0, 0.1) is 18.3 Å². The van der Waals surface area contributed by atoms with Crippen molar-refractivity contribution in [2.45, 2.75) is 19.4 Å². The number of allylic oxidation sites excluding steroid dienone is 1. The maximum Gasteiger partial charge on any atom is 0.379 e. The van der Waals surface area contributed by atoms with Crippen molar-refractivity contribution < 1.29 is 23.4 Å². The van der Waals surface area contributed by atoms with E-state index in [9.17, 15) is 10.1 Å². The number of fused-ring (bicyclic) bond motifs is 2. The fourth-order valence-corrected chi connectivity index (χ4v) is 5.05. The third kappa shape index (κ3) is 5.09. The van der Waals surface area contributed by atoms with Crippen molar-refractivity contribution in [2.75, 3.05) is 0 Å². The number of nitrogens with zero attached hydrogens (tertiary/aromatic N) is 1. The van der Waals surface area contributed by atoms with Gasteiger partial charge in [0.25, 0.3) is 0 Å². The van der Waals surface area contributed by atoms with Gasteiger partial charge in [0.15, 0.2) is 0 Å². The van der Waals surface area contributed by atoms with Gasteiger partial charge in [-0.05, 0) is 54.4 Å². The van der Waals surface area contributed by atoms with E-state index in [1.54, 1.807) is 43.3 Å². The number of rotatable bonds is 6. The van der Waals surface area contributed by atoms with Crippen LogP contribution in [0.4, 0.5) is 0 Å². The molecule has 7 nitrogen and oxygen atoms in total. The second-order valence-corrected chi connectivity index (χ2v) is 9.99. The maximum absolute atomic E-state index is 13.0. The lowest BCUT2D eigenvalue weighted by Gasteiger charge is -2.26. The van der Waals surface area contributed by atoms with Gasteiger partial charge in [-0.2, -0.15) is 5.26 Å². The lowest BCUT2D eigenvalue weighted by atomic mass is 9.83. The van der Waals surface area contributed by atoms with Gasteiger partial charge in [-0.15, -0.1) is 0 Å². The average molecular weight is 563 g/mol. The van der Waals surface area contributed by atoms with Gasteiger partial charge in [0.2, 0.25) is 11.6 Å². The highest BCUT2D eigenvalue weighted by Gasteiger charge is 2.31. The summed E-state index contributed by atoms with van der Waals surface area (Å²) in [6.07, 6.45) is 0. The number of nitrogens with two attached hydrogens (primary N) is 1. The minimum absolute atomic E-state index is 0.0112. The Morgan fingerprint density at radius 1 is 1.00 bits per heavy atom. The molecule has 5 aromatic rings. The van der Waals surface area contributed by atoms with Crippen LogP contribution >= 0.6 is 11.6 Å². The zero-order chi connectivity index (χ0) is 28.5. The van der Waals surface area contributed by atoms with Crippen molar-refractivity contribution >= 4 is 28.5 Å². The smallest absolute Gasteiger partial charge is 0.379 e. The molecule has 0 spiro atoms. The minimum Gasteiger partial charge on any atom is -0.489 e. The van der Waals surface area contributed by atoms with Crippen LogP contribution < -0.4 is 19.9 Å². The molecule has 6 rings (SSSR count). The molecule has 0 bridgehead atoms. The number of carbonyl (C=O) groups excluding carboxylic acids is 1. The highest BCUT2D eigenvalue weighted by Crippen LogP contribution is 2.44. The quantitative estimate of drug-likeness (QED) is 0.169. The summed E-state index contributed by atoms with van der Waals surface area (Å²) in [5.41, 5.74) is 10.2. The molecule has 0 radical (unpaired) electrons. The van der Waals surface area contributed by atoms with E-state index in [4.69, 9.17) is 36.0 Å². The van der Waals surface area contributed by atoms with Gasteiger partial charge in [0.05, 0.1) is 5.92 Å². The van der Waals surface area contributed by atoms with Crippen molar-refractivity contribution in [3.8, 4) is 23.3 Å². The summed E-state index contributed by atoms with van der Waals surface area (Å²) in [4.78, 5) is 13.0. The lowest BCUT2D eigenvalue weighted by Crippen LogP contribution is -2.21. The molecule has 1 aliphatic rings. The zero-order valence-corrected chi connectivity index (χ0v) is 22.6. The molecule has 202 valence electrons. The third-order valence-corrected chi connectivity index (χ3v) is 7.18. The van der Waals surface area contributed by atoms with Crippen molar-refractivity contribution in [3.63, 3.8) is 0 Å². The van der Waals surface area contributed by atoms with Crippen LogP contribution in [-0.2, 0) is 6.61 Å². The van der Waals surface area contributed by atoms with Gasteiger partial charge in [-0.1, -0.05) is 60.1 Å². The molecule has 8 heteroatoms. The Kier molecular flexibility index (Phi) is 6.84. The first kappa shape index (κ1) is 26.1. The largest absolute Gasteiger partial charge is 0.489 e. The van der Waals surface area contributed by atoms with Crippen LogP contribution in [0.15, 0.2) is 107 Å². The molecule has 0 saturated carbocycles. The molecule has 2 N–H and O–H groups in total. The zero-order valence-electron chi connectivity index (χ0n) is 21.9. The molecule has 0 fully saturated rings. The highest BCUT2D eigenvalue weighted by atomic mass is 35.5. The van der Waals surface area contributed by atoms with E-state index in [1.165, 1.54) is 0 Å². The number of nitriles is 1. The molecule has 1 atom stereocenters. The van der Waals surface area contributed by atoms with E-state index in [-0.39, 0.29) is 23.0 Å². The number of esters is 1. The molecule has 1 unspecified atom stereocenters. The average Bonchev–Trinajstić information content (AvgIpc) is 3.31. The summed E-state index contributed by atoms with van der Waals surface area (Å²) >= 11 is 6.10. The van der Waals surface area contributed by atoms with Gasteiger partial charge >= 0.3 is 5.97 Å². The SMILES string of the molecule is Cc1c(C(=O)Oc2ccc3c(c2)OC(N)=C(C#N)C3c2ccc(OCc3ccccc3)cc2)oc2ccc(Cl)cc12. The van der Waals surface area contributed by atoms with Crippen molar-refractivity contribution in [1.29, 1.82) is 5.26 Å². The van der Waals surface area contributed by atoms with E-state index < -0.39 is 11.9 Å². The summed E-state index contributed by atoms with van der Waals surface area (Å²) in [5, 5.41) is 11.2. The standard InChI is InChI=1S/C33H23ClN2O5/c1-19-26-15-22(34)9-14-28(26)40-31(19)33(37)39-24-12-13-25-29(16-24)41-32(36)27(17-35)30(25)21-7-10-23(11-8-21)38-18-20-5-3-2-4-6-20/h2-16,30H,18,36H2,1H3. The summed E-state index contributed by atoms with van der Waals surface area (Å²) in [6, 6.07) is 29.7. The van der Waals surface area contributed by atoms with Crippen LogP contribution in [0.3, 0.4) is 0 Å². The number of ether oxygens (including phenoxy) is 3. The predicted octanol–water partition coefficient (Wildman–Crippen LogP) is 7.41. The first-order valence-corrected chi connectivity index (χ1v) is 13.2. The summed E-state index contributed by atoms with van der Waals surface area (Å²) in [7, 11) is 0. The maximum atomic E-state index is 13.0. The Bertz CT molecular complexity index is 1850. The van der Waals surface area contributed by atoms with Gasteiger partial charge < -0.3 is 24.4 Å². The predicted molar refractivity (Wildman–Crippen MR) is 154 cm³/mol. The van der Waals surface area contributed by atoms with Gasteiger partial charge in [-0.25, -0.2) is 4.79 Å². The Balaban J connectivity index is 1.25. The molecule has 0 amide bonds. The molecule has 4 aromatic carbocycles. The first-order chi connectivity index (χ1) is 19.9. The van der Waals surface area contributed by atoms with Gasteiger partial charge in [-0.3, -0.25) is 0 Å². The third-order valence-electron chi connectivity index (χ3n) is 6.95. The molecule has 1 aromatic heterocycles. The van der Waals surface area contributed by atoms with E-state index in [2.05, 4.69) is 6.07 Å².